The van der Waals surface area contributed by atoms with Crippen LogP contribution >= 0.6 is 11.8 Å². The Morgan fingerprint density at radius 3 is 2.59 bits per heavy atom. The van der Waals surface area contributed by atoms with Crippen molar-refractivity contribution in [2.75, 3.05) is 12.9 Å². The van der Waals surface area contributed by atoms with E-state index >= 15 is 0 Å². The van der Waals surface area contributed by atoms with E-state index in [0.29, 0.717) is 27.5 Å². The lowest BCUT2D eigenvalue weighted by Gasteiger charge is -2.16. The molecule has 1 amide bonds. The van der Waals surface area contributed by atoms with E-state index in [9.17, 15) is 9.59 Å². The molecule has 0 saturated heterocycles. The molecule has 32 heavy (non-hydrogen) atoms. The van der Waals surface area contributed by atoms with Gasteiger partial charge in [0, 0.05) is 6.07 Å². The summed E-state index contributed by atoms with van der Waals surface area (Å²) in [7, 11) is 1.58. The Morgan fingerprint density at radius 1 is 1.06 bits per heavy atom. The van der Waals surface area contributed by atoms with Gasteiger partial charge >= 0.3 is 0 Å². The number of carbonyl (C=O) groups excluding carboxylic acids is 1. The van der Waals surface area contributed by atoms with Gasteiger partial charge in [-0.15, -0.1) is 0 Å². The Labute approximate surface area is 190 Å². The molecule has 4 rings (SSSR count). The fraction of sp³-hybridized carbons (Fsp3) is 0.160. The van der Waals surface area contributed by atoms with Gasteiger partial charge in [0.15, 0.2) is 5.16 Å². The van der Waals surface area contributed by atoms with Gasteiger partial charge in [0.05, 0.1) is 35.5 Å². The number of hydrogen-bond acceptors (Lipinski definition) is 5. The smallest absolute Gasteiger partial charge is 0.266 e. The van der Waals surface area contributed by atoms with Crippen LogP contribution in [0.3, 0.4) is 0 Å². The molecule has 1 N–H and O–H groups in total. The summed E-state index contributed by atoms with van der Waals surface area (Å²) in [4.78, 5) is 30.6. The highest BCUT2D eigenvalue weighted by atomic mass is 32.2. The zero-order valence-electron chi connectivity index (χ0n) is 17.8. The number of carbonyl (C=O) groups is 1. The number of benzene rings is 3. The summed E-state index contributed by atoms with van der Waals surface area (Å²) >= 11 is 1.23. The third-order valence-electron chi connectivity index (χ3n) is 5.07. The van der Waals surface area contributed by atoms with Crippen molar-refractivity contribution in [1.29, 1.82) is 0 Å². The minimum absolute atomic E-state index is 0.116. The molecule has 6 nitrogen and oxygen atoms in total. The van der Waals surface area contributed by atoms with Crippen molar-refractivity contribution in [3.8, 4) is 11.4 Å². The van der Waals surface area contributed by atoms with Crippen LogP contribution in [0.25, 0.3) is 16.6 Å². The summed E-state index contributed by atoms with van der Waals surface area (Å²) in [6, 6.07) is 24.1. The third kappa shape index (κ3) is 4.68. The molecular weight excluding hydrogens is 422 g/mol. The predicted molar refractivity (Wildman–Crippen MR) is 128 cm³/mol. The Balaban J connectivity index is 1.64. The van der Waals surface area contributed by atoms with E-state index in [1.807, 2.05) is 67.6 Å². The molecule has 0 fully saturated rings. The van der Waals surface area contributed by atoms with Crippen LogP contribution in [0.2, 0.25) is 0 Å². The lowest BCUT2D eigenvalue weighted by molar-refractivity contribution is -0.119. The largest absolute Gasteiger partial charge is 0.497 e. The number of aromatic nitrogens is 2. The molecule has 0 aliphatic carbocycles. The number of ether oxygens (including phenoxy) is 1. The second kappa shape index (κ2) is 9.70. The topological polar surface area (TPSA) is 73.2 Å². The monoisotopic (exact) mass is 445 g/mol. The highest BCUT2D eigenvalue weighted by Gasteiger charge is 2.16. The molecule has 0 unspecified atom stereocenters. The van der Waals surface area contributed by atoms with Gasteiger partial charge in [0.1, 0.15) is 5.75 Å². The number of para-hydroxylation sites is 1. The summed E-state index contributed by atoms with van der Waals surface area (Å²) in [5, 5.41) is 3.96. The van der Waals surface area contributed by atoms with Crippen LogP contribution in [0.15, 0.2) is 88.8 Å². The maximum absolute atomic E-state index is 13.3. The number of rotatable bonds is 7. The highest BCUT2D eigenvalue weighted by Crippen LogP contribution is 2.24. The van der Waals surface area contributed by atoms with Gasteiger partial charge in [0.2, 0.25) is 5.91 Å². The van der Waals surface area contributed by atoms with Crippen LogP contribution in [0.1, 0.15) is 18.5 Å². The quantitative estimate of drug-likeness (QED) is 0.338. The Kier molecular flexibility index (Phi) is 6.56. The molecule has 1 heterocycles. The van der Waals surface area contributed by atoms with Crippen molar-refractivity contribution < 1.29 is 9.53 Å². The first kappa shape index (κ1) is 21.6. The summed E-state index contributed by atoms with van der Waals surface area (Å²) < 4.78 is 6.85. The SMILES string of the molecule is COc1cccc(-n2c(SCC(=O)N[C@@H](C)c3ccccc3)nc3ccccc3c2=O)c1. The maximum Gasteiger partial charge on any atom is 0.266 e. The molecule has 1 aromatic heterocycles. The summed E-state index contributed by atoms with van der Waals surface area (Å²) in [5.74, 6) is 0.630. The van der Waals surface area contributed by atoms with E-state index < -0.39 is 0 Å². The minimum atomic E-state index is -0.190. The second-order valence-corrected chi connectivity index (χ2v) is 8.18. The highest BCUT2D eigenvalue weighted by molar-refractivity contribution is 7.99. The van der Waals surface area contributed by atoms with Crippen molar-refractivity contribution in [1.82, 2.24) is 14.9 Å². The zero-order chi connectivity index (χ0) is 22.5. The molecule has 162 valence electrons. The van der Waals surface area contributed by atoms with Gasteiger partial charge in [-0.05, 0) is 36.8 Å². The van der Waals surface area contributed by atoms with E-state index in [1.165, 1.54) is 16.3 Å². The van der Waals surface area contributed by atoms with Crippen molar-refractivity contribution in [2.24, 2.45) is 0 Å². The number of amides is 1. The van der Waals surface area contributed by atoms with Crippen LogP contribution in [0, 0.1) is 0 Å². The van der Waals surface area contributed by atoms with Crippen LogP contribution < -0.4 is 15.6 Å². The number of methoxy groups -OCH3 is 1. The van der Waals surface area contributed by atoms with Gasteiger partial charge in [0.25, 0.3) is 5.56 Å². The first-order valence-electron chi connectivity index (χ1n) is 10.2. The minimum Gasteiger partial charge on any atom is -0.497 e. The van der Waals surface area contributed by atoms with Crippen LogP contribution in [0.5, 0.6) is 5.75 Å². The zero-order valence-corrected chi connectivity index (χ0v) is 18.6. The lowest BCUT2D eigenvalue weighted by Crippen LogP contribution is -2.29. The molecule has 0 saturated carbocycles. The Bertz CT molecular complexity index is 1300. The second-order valence-electron chi connectivity index (χ2n) is 7.24. The van der Waals surface area contributed by atoms with Crippen molar-refractivity contribution in [2.45, 2.75) is 18.1 Å². The molecule has 0 aliphatic rings. The average Bonchev–Trinajstić information content (AvgIpc) is 2.83. The molecule has 7 heteroatoms. The number of nitrogens with one attached hydrogen (secondary N) is 1. The van der Waals surface area contributed by atoms with Crippen molar-refractivity contribution in [3.63, 3.8) is 0 Å². The summed E-state index contributed by atoms with van der Waals surface area (Å²) in [6.07, 6.45) is 0. The Morgan fingerprint density at radius 2 is 1.81 bits per heavy atom. The fourth-order valence-electron chi connectivity index (χ4n) is 3.42. The third-order valence-corrected chi connectivity index (χ3v) is 6.00. The van der Waals surface area contributed by atoms with Crippen molar-refractivity contribution >= 4 is 28.6 Å². The summed E-state index contributed by atoms with van der Waals surface area (Å²) in [6.45, 7) is 1.94. The number of hydrogen-bond donors (Lipinski definition) is 1. The Hall–Kier alpha value is -3.58. The van der Waals surface area contributed by atoms with Gasteiger partial charge in [-0.2, -0.15) is 0 Å². The standard InChI is InChI=1S/C25H23N3O3S/c1-17(18-9-4-3-5-10-18)26-23(29)16-32-25-27-22-14-7-6-13-21(22)24(30)28(25)19-11-8-12-20(15-19)31-2/h3-15,17H,16H2,1-2H3,(H,26,29)/t17-/m0/s1. The maximum atomic E-state index is 13.3. The van der Waals surface area contributed by atoms with Gasteiger partial charge in [-0.1, -0.05) is 60.3 Å². The average molecular weight is 446 g/mol. The molecule has 4 aromatic rings. The van der Waals surface area contributed by atoms with E-state index in [0.717, 1.165) is 5.56 Å². The number of fused-ring (bicyclic) bond motifs is 1. The van der Waals surface area contributed by atoms with E-state index in [-0.39, 0.29) is 23.3 Å². The lowest BCUT2D eigenvalue weighted by atomic mass is 10.1. The number of nitrogens with zero attached hydrogens (tertiary/aromatic N) is 2. The van der Waals surface area contributed by atoms with Crippen LogP contribution in [-0.4, -0.2) is 28.3 Å². The summed E-state index contributed by atoms with van der Waals surface area (Å²) in [5.41, 5.74) is 2.07. The molecule has 0 radical (unpaired) electrons. The molecular formula is C25H23N3O3S. The normalized spacial score (nSPS) is 11.8. The van der Waals surface area contributed by atoms with Gasteiger partial charge in [-0.25, -0.2) is 4.98 Å². The number of thioether (sulfide) groups is 1. The predicted octanol–water partition coefficient (Wildman–Crippen LogP) is 4.36. The first-order chi connectivity index (χ1) is 15.6. The van der Waals surface area contributed by atoms with E-state index in [2.05, 4.69) is 10.3 Å². The van der Waals surface area contributed by atoms with Gasteiger partial charge < -0.3 is 10.1 Å². The van der Waals surface area contributed by atoms with Crippen LogP contribution in [-0.2, 0) is 4.79 Å². The van der Waals surface area contributed by atoms with Crippen molar-refractivity contribution in [3.05, 3.63) is 94.8 Å². The van der Waals surface area contributed by atoms with E-state index in [1.54, 1.807) is 25.3 Å². The molecule has 1 atom stereocenters. The molecule has 3 aromatic carbocycles. The fourth-order valence-corrected chi connectivity index (χ4v) is 4.25. The van der Waals surface area contributed by atoms with Crippen LogP contribution in [0.4, 0.5) is 0 Å². The molecule has 0 bridgehead atoms. The van der Waals surface area contributed by atoms with E-state index in [4.69, 9.17) is 4.74 Å². The first-order valence-corrected chi connectivity index (χ1v) is 11.2. The van der Waals surface area contributed by atoms with Gasteiger partial charge in [-0.3, -0.25) is 14.2 Å². The molecule has 0 spiro atoms. The molecule has 0 aliphatic heterocycles.